The van der Waals surface area contributed by atoms with Crippen LogP contribution in [0.5, 0.6) is 0 Å². The van der Waals surface area contributed by atoms with Crippen LogP contribution in [0.4, 0.5) is 0 Å². The topological polar surface area (TPSA) is 108 Å². The maximum absolute atomic E-state index is 13.2. The summed E-state index contributed by atoms with van der Waals surface area (Å²) in [4.78, 5) is 14.7. The molecule has 3 N–H and O–H groups in total. The molecule has 1 saturated heterocycles. The number of benzene rings is 2. The SMILES string of the molecule is Cc1cc(C)c(S(=O)(=O)N2CCN(C(=O)CCc3ccc(C(=N)N)cc3)CC2)c(C)c1. The number of rotatable bonds is 6. The zero-order valence-corrected chi connectivity index (χ0v) is 19.1. The van der Waals surface area contributed by atoms with Gasteiger partial charge in [-0.1, -0.05) is 42.0 Å². The highest BCUT2D eigenvalue weighted by atomic mass is 32.2. The van der Waals surface area contributed by atoms with Gasteiger partial charge in [0.15, 0.2) is 0 Å². The fraction of sp³-hybridized carbons (Fsp3) is 0.391. The maximum Gasteiger partial charge on any atom is 0.243 e. The Morgan fingerprint density at radius 3 is 2.06 bits per heavy atom. The summed E-state index contributed by atoms with van der Waals surface area (Å²) in [6.07, 6.45) is 0.958. The van der Waals surface area contributed by atoms with Gasteiger partial charge in [0.05, 0.1) is 4.90 Å². The smallest absolute Gasteiger partial charge is 0.243 e. The van der Waals surface area contributed by atoms with Crippen LogP contribution in [0.1, 0.15) is 34.2 Å². The number of nitrogens with one attached hydrogen (secondary N) is 1. The summed E-state index contributed by atoms with van der Waals surface area (Å²) in [5.74, 6) is 0.0434. The molecule has 31 heavy (non-hydrogen) atoms. The van der Waals surface area contributed by atoms with Crippen molar-refractivity contribution in [2.45, 2.75) is 38.5 Å². The van der Waals surface area contributed by atoms with E-state index in [0.29, 0.717) is 49.5 Å². The van der Waals surface area contributed by atoms with Crippen molar-refractivity contribution in [3.8, 4) is 0 Å². The van der Waals surface area contributed by atoms with Crippen LogP contribution in [-0.2, 0) is 21.2 Å². The van der Waals surface area contributed by atoms with E-state index in [1.807, 2.05) is 45.0 Å². The highest BCUT2D eigenvalue weighted by Crippen LogP contribution is 2.26. The molecule has 0 atom stereocenters. The number of carbonyl (C=O) groups is 1. The summed E-state index contributed by atoms with van der Waals surface area (Å²) in [6.45, 7) is 7.00. The van der Waals surface area contributed by atoms with E-state index in [0.717, 1.165) is 22.3 Å². The second kappa shape index (κ2) is 9.20. The monoisotopic (exact) mass is 442 g/mol. The molecule has 2 aromatic carbocycles. The van der Waals surface area contributed by atoms with Crippen LogP contribution in [0.2, 0.25) is 0 Å². The molecule has 1 heterocycles. The first-order valence-corrected chi connectivity index (χ1v) is 11.8. The van der Waals surface area contributed by atoms with E-state index in [2.05, 4.69) is 0 Å². The first-order chi connectivity index (χ1) is 14.6. The Labute approximate surface area is 184 Å². The number of nitrogen functional groups attached to an aromatic ring is 1. The maximum atomic E-state index is 13.2. The van der Waals surface area contributed by atoms with Crippen molar-refractivity contribution in [1.29, 1.82) is 5.41 Å². The molecule has 3 rings (SSSR count). The van der Waals surface area contributed by atoms with E-state index in [4.69, 9.17) is 11.1 Å². The van der Waals surface area contributed by atoms with Gasteiger partial charge in [0.1, 0.15) is 5.84 Å². The normalized spacial score (nSPS) is 15.1. The highest BCUT2D eigenvalue weighted by Gasteiger charge is 2.32. The molecule has 1 amide bonds. The Balaban J connectivity index is 1.58. The summed E-state index contributed by atoms with van der Waals surface area (Å²) in [5.41, 5.74) is 9.68. The number of hydrogen-bond acceptors (Lipinski definition) is 4. The largest absolute Gasteiger partial charge is 0.384 e. The Morgan fingerprint density at radius 1 is 1.00 bits per heavy atom. The number of nitrogens with zero attached hydrogens (tertiary/aromatic N) is 2. The summed E-state index contributed by atoms with van der Waals surface area (Å²) < 4.78 is 27.9. The number of sulfonamides is 1. The van der Waals surface area contributed by atoms with Crippen molar-refractivity contribution in [3.05, 3.63) is 64.2 Å². The summed E-state index contributed by atoms with van der Waals surface area (Å²) in [5, 5.41) is 7.43. The number of piperazine rings is 1. The Bertz CT molecular complexity index is 1060. The number of amidine groups is 1. The van der Waals surface area contributed by atoms with Crippen molar-refractivity contribution in [1.82, 2.24) is 9.21 Å². The second-order valence-electron chi connectivity index (χ2n) is 8.12. The molecule has 1 fully saturated rings. The van der Waals surface area contributed by atoms with Crippen LogP contribution in [0, 0.1) is 26.2 Å². The number of nitrogens with two attached hydrogens (primary N) is 1. The molecule has 0 spiro atoms. The van der Waals surface area contributed by atoms with Gasteiger partial charge in [0.25, 0.3) is 0 Å². The Morgan fingerprint density at radius 2 is 1.55 bits per heavy atom. The molecule has 0 aromatic heterocycles. The second-order valence-corrected chi connectivity index (χ2v) is 10.00. The van der Waals surface area contributed by atoms with Gasteiger partial charge in [-0.3, -0.25) is 10.2 Å². The molecular formula is C23H30N4O3S. The summed E-state index contributed by atoms with van der Waals surface area (Å²) in [6, 6.07) is 11.1. The number of hydrogen-bond donors (Lipinski definition) is 2. The van der Waals surface area contributed by atoms with Gasteiger partial charge in [-0.2, -0.15) is 4.31 Å². The zero-order valence-electron chi connectivity index (χ0n) is 18.3. The third-order valence-corrected chi connectivity index (χ3v) is 7.89. The predicted molar refractivity (Wildman–Crippen MR) is 122 cm³/mol. The highest BCUT2D eigenvalue weighted by molar-refractivity contribution is 7.89. The van der Waals surface area contributed by atoms with Gasteiger partial charge in [-0.15, -0.1) is 0 Å². The van der Waals surface area contributed by atoms with Crippen LogP contribution in [0.3, 0.4) is 0 Å². The fourth-order valence-corrected chi connectivity index (χ4v) is 5.97. The van der Waals surface area contributed by atoms with Crippen LogP contribution in [0.25, 0.3) is 0 Å². The number of carbonyl (C=O) groups excluding carboxylic acids is 1. The molecule has 0 unspecified atom stereocenters. The van der Waals surface area contributed by atoms with Crippen LogP contribution >= 0.6 is 0 Å². The lowest BCUT2D eigenvalue weighted by Gasteiger charge is -2.34. The molecular weight excluding hydrogens is 412 g/mol. The molecule has 0 aliphatic carbocycles. The zero-order chi connectivity index (χ0) is 22.8. The lowest BCUT2D eigenvalue weighted by molar-refractivity contribution is -0.132. The molecule has 0 radical (unpaired) electrons. The third kappa shape index (κ3) is 5.14. The van der Waals surface area contributed by atoms with Crippen LogP contribution in [-0.4, -0.2) is 55.5 Å². The van der Waals surface area contributed by atoms with Crippen molar-refractivity contribution >= 4 is 21.8 Å². The summed E-state index contributed by atoms with van der Waals surface area (Å²) in [7, 11) is -3.59. The predicted octanol–water partition coefficient (Wildman–Crippen LogP) is 2.36. The third-order valence-electron chi connectivity index (χ3n) is 5.69. The van der Waals surface area contributed by atoms with Gasteiger partial charge in [-0.25, -0.2) is 8.42 Å². The molecule has 1 aliphatic heterocycles. The van der Waals surface area contributed by atoms with Crippen LogP contribution in [0.15, 0.2) is 41.3 Å². The van der Waals surface area contributed by atoms with Gasteiger partial charge in [0, 0.05) is 38.2 Å². The molecule has 166 valence electrons. The van der Waals surface area contributed by atoms with Gasteiger partial charge in [0.2, 0.25) is 15.9 Å². The Kier molecular flexibility index (Phi) is 6.81. The molecule has 2 aromatic rings. The average molecular weight is 443 g/mol. The average Bonchev–Trinajstić information content (AvgIpc) is 2.71. The quantitative estimate of drug-likeness (QED) is 0.529. The van der Waals surface area contributed by atoms with Gasteiger partial charge >= 0.3 is 0 Å². The first-order valence-electron chi connectivity index (χ1n) is 10.4. The first kappa shape index (κ1) is 23.0. The minimum atomic E-state index is -3.59. The van der Waals surface area contributed by atoms with E-state index in [1.54, 1.807) is 17.0 Å². The fourth-order valence-electron chi connectivity index (χ4n) is 4.14. The van der Waals surface area contributed by atoms with Crippen molar-refractivity contribution in [2.75, 3.05) is 26.2 Å². The van der Waals surface area contributed by atoms with E-state index in [1.165, 1.54) is 4.31 Å². The Hall–Kier alpha value is -2.71. The van der Waals surface area contributed by atoms with Crippen molar-refractivity contribution in [3.63, 3.8) is 0 Å². The lowest BCUT2D eigenvalue weighted by Crippen LogP contribution is -2.50. The van der Waals surface area contributed by atoms with Crippen LogP contribution < -0.4 is 5.73 Å². The minimum Gasteiger partial charge on any atom is -0.384 e. The molecule has 0 saturated carbocycles. The molecule has 1 aliphatic rings. The van der Waals surface area contributed by atoms with E-state index in [-0.39, 0.29) is 11.7 Å². The van der Waals surface area contributed by atoms with E-state index < -0.39 is 10.0 Å². The van der Waals surface area contributed by atoms with Gasteiger partial charge < -0.3 is 10.6 Å². The number of aryl methyl sites for hydroxylation is 4. The minimum absolute atomic E-state index is 0.0199. The van der Waals surface area contributed by atoms with Crippen molar-refractivity contribution < 1.29 is 13.2 Å². The molecule has 8 heteroatoms. The standard InChI is InChI=1S/C23H30N4O3S/c1-16-14-17(2)22(18(3)15-16)31(29,30)27-12-10-26(11-13-27)21(28)9-6-19-4-7-20(8-5-19)23(24)25/h4-5,7-8,14-15H,6,9-13H2,1-3H3,(H3,24,25). The molecule has 0 bridgehead atoms. The van der Waals surface area contributed by atoms with E-state index in [9.17, 15) is 13.2 Å². The number of amides is 1. The van der Waals surface area contributed by atoms with E-state index >= 15 is 0 Å². The van der Waals surface area contributed by atoms with Gasteiger partial charge in [-0.05, 0) is 43.9 Å². The van der Waals surface area contributed by atoms with Crippen molar-refractivity contribution in [2.24, 2.45) is 5.73 Å². The summed E-state index contributed by atoms with van der Waals surface area (Å²) >= 11 is 0. The lowest BCUT2D eigenvalue weighted by atomic mass is 10.1. The molecule has 7 nitrogen and oxygen atoms in total.